The molecule has 15 heavy (non-hydrogen) atoms. The van der Waals surface area contributed by atoms with E-state index in [1.807, 2.05) is 6.07 Å². The molecule has 0 heterocycles. The van der Waals surface area contributed by atoms with Gasteiger partial charge in [0.25, 0.3) is 0 Å². The van der Waals surface area contributed by atoms with Crippen LogP contribution in [0.4, 0.5) is 0 Å². The number of nitrogens with two attached hydrogens (primary N) is 1. The summed E-state index contributed by atoms with van der Waals surface area (Å²) in [6.45, 7) is 2.33. The third-order valence-electron chi connectivity index (χ3n) is 3.55. The van der Waals surface area contributed by atoms with Crippen molar-refractivity contribution < 1.29 is 0 Å². The van der Waals surface area contributed by atoms with Gasteiger partial charge < -0.3 is 0 Å². The summed E-state index contributed by atoms with van der Waals surface area (Å²) in [5.74, 6) is 7.24. The molecule has 3 atom stereocenters. The van der Waals surface area contributed by atoms with E-state index in [4.69, 9.17) is 5.84 Å². The van der Waals surface area contributed by atoms with Gasteiger partial charge in [-0.15, -0.1) is 0 Å². The lowest BCUT2D eigenvalue weighted by molar-refractivity contribution is 0.364. The number of benzene rings is 1. The average Bonchev–Trinajstić information content (AvgIpc) is 2.68. The molecule has 2 nitrogen and oxygen atoms in total. The monoisotopic (exact) mass is 204 g/mol. The number of hydrogen-bond donors (Lipinski definition) is 2. The summed E-state index contributed by atoms with van der Waals surface area (Å²) in [7, 11) is 0. The smallest absolute Gasteiger partial charge is 0.0488 e. The fraction of sp³-hybridized carbons (Fsp3) is 0.538. The van der Waals surface area contributed by atoms with Gasteiger partial charge in [-0.05, 0) is 30.2 Å². The Hall–Kier alpha value is -0.860. The Morgan fingerprint density at radius 1 is 1.27 bits per heavy atom. The Bertz CT molecular complexity index is 297. The van der Waals surface area contributed by atoms with E-state index < -0.39 is 0 Å². The Labute approximate surface area is 91.8 Å². The number of hydrogen-bond acceptors (Lipinski definition) is 2. The first-order valence-corrected chi connectivity index (χ1v) is 5.82. The molecule has 2 heteroatoms. The third kappa shape index (κ3) is 2.39. The second kappa shape index (κ2) is 4.77. The van der Waals surface area contributed by atoms with E-state index in [0.29, 0.717) is 12.0 Å². The lowest BCUT2D eigenvalue weighted by Crippen LogP contribution is -2.32. The van der Waals surface area contributed by atoms with Gasteiger partial charge in [-0.25, -0.2) is 0 Å². The zero-order chi connectivity index (χ0) is 10.7. The molecule has 1 aromatic carbocycles. The molecule has 2 rings (SSSR count). The van der Waals surface area contributed by atoms with Gasteiger partial charge in [0.2, 0.25) is 0 Å². The molecule has 1 aliphatic carbocycles. The Morgan fingerprint density at radius 2 is 2.00 bits per heavy atom. The van der Waals surface area contributed by atoms with Crippen molar-refractivity contribution in [1.82, 2.24) is 5.43 Å². The van der Waals surface area contributed by atoms with E-state index in [-0.39, 0.29) is 0 Å². The van der Waals surface area contributed by atoms with Gasteiger partial charge in [-0.3, -0.25) is 11.3 Å². The van der Waals surface area contributed by atoms with Gasteiger partial charge in [0.05, 0.1) is 0 Å². The van der Waals surface area contributed by atoms with Crippen LogP contribution in [0, 0.1) is 11.8 Å². The van der Waals surface area contributed by atoms with Crippen LogP contribution in [0.5, 0.6) is 0 Å². The predicted octanol–water partition coefficient (Wildman–Crippen LogP) is 2.63. The number of nitrogens with one attached hydrogen (secondary N) is 1. The first-order chi connectivity index (χ1) is 7.31. The second-order valence-corrected chi connectivity index (χ2v) is 4.73. The normalized spacial score (nSPS) is 27.9. The van der Waals surface area contributed by atoms with Crippen molar-refractivity contribution in [3.8, 4) is 0 Å². The molecule has 0 aliphatic heterocycles. The molecule has 0 radical (unpaired) electrons. The molecule has 3 N–H and O–H groups in total. The lowest BCUT2D eigenvalue weighted by atomic mass is 9.91. The Morgan fingerprint density at radius 3 is 2.53 bits per heavy atom. The highest BCUT2D eigenvalue weighted by atomic mass is 15.2. The van der Waals surface area contributed by atoms with Crippen LogP contribution in [-0.4, -0.2) is 0 Å². The summed E-state index contributed by atoms with van der Waals surface area (Å²) in [6.07, 6.45) is 3.93. The van der Waals surface area contributed by atoms with E-state index in [1.165, 1.54) is 24.8 Å². The summed E-state index contributed by atoms with van der Waals surface area (Å²) in [5, 5.41) is 0. The van der Waals surface area contributed by atoms with E-state index in [0.717, 1.165) is 5.92 Å². The van der Waals surface area contributed by atoms with E-state index in [9.17, 15) is 0 Å². The average molecular weight is 204 g/mol. The first-order valence-electron chi connectivity index (χ1n) is 5.82. The summed E-state index contributed by atoms with van der Waals surface area (Å²) in [4.78, 5) is 0. The van der Waals surface area contributed by atoms with Gasteiger partial charge >= 0.3 is 0 Å². The van der Waals surface area contributed by atoms with Gasteiger partial charge in [0.15, 0.2) is 0 Å². The molecular weight excluding hydrogens is 184 g/mol. The lowest BCUT2D eigenvalue weighted by Gasteiger charge is -2.23. The van der Waals surface area contributed by atoms with Gasteiger partial charge in [-0.1, -0.05) is 43.7 Å². The highest BCUT2D eigenvalue weighted by molar-refractivity contribution is 5.19. The summed E-state index contributed by atoms with van der Waals surface area (Å²) < 4.78 is 0. The van der Waals surface area contributed by atoms with E-state index in [1.54, 1.807) is 0 Å². The van der Waals surface area contributed by atoms with Gasteiger partial charge in [0, 0.05) is 6.04 Å². The fourth-order valence-electron chi connectivity index (χ4n) is 2.72. The molecule has 1 saturated carbocycles. The molecule has 0 bridgehead atoms. The van der Waals surface area contributed by atoms with Crippen molar-refractivity contribution in [2.45, 2.75) is 32.2 Å². The maximum absolute atomic E-state index is 5.68. The quantitative estimate of drug-likeness (QED) is 0.586. The first kappa shape index (κ1) is 10.7. The molecule has 0 aromatic heterocycles. The summed E-state index contributed by atoms with van der Waals surface area (Å²) in [5.41, 5.74) is 4.30. The standard InChI is InChI=1S/C13H20N2/c1-10-7-8-12(9-10)13(15-14)11-5-3-2-4-6-11/h2-6,10,12-13,15H,7-9,14H2,1H3. The second-order valence-electron chi connectivity index (χ2n) is 4.73. The van der Waals surface area contributed by atoms with Gasteiger partial charge in [0.1, 0.15) is 0 Å². The molecule has 1 fully saturated rings. The summed E-state index contributed by atoms with van der Waals surface area (Å²) >= 11 is 0. The van der Waals surface area contributed by atoms with Crippen LogP contribution in [-0.2, 0) is 0 Å². The summed E-state index contributed by atoms with van der Waals surface area (Å²) in [6, 6.07) is 10.9. The minimum absolute atomic E-state index is 0.330. The van der Waals surface area contributed by atoms with E-state index >= 15 is 0 Å². The van der Waals surface area contributed by atoms with E-state index in [2.05, 4.69) is 36.6 Å². The molecule has 1 aromatic rings. The van der Waals surface area contributed by atoms with Gasteiger partial charge in [-0.2, -0.15) is 0 Å². The molecule has 3 unspecified atom stereocenters. The highest BCUT2D eigenvalue weighted by Gasteiger charge is 2.28. The van der Waals surface area contributed by atoms with Crippen LogP contribution in [0.3, 0.4) is 0 Å². The van der Waals surface area contributed by atoms with Crippen molar-refractivity contribution >= 4 is 0 Å². The Balaban J connectivity index is 2.11. The van der Waals surface area contributed by atoms with Crippen LogP contribution in [0.15, 0.2) is 30.3 Å². The maximum atomic E-state index is 5.68. The highest BCUT2D eigenvalue weighted by Crippen LogP contribution is 2.38. The molecule has 1 aliphatic rings. The topological polar surface area (TPSA) is 38.0 Å². The van der Waals surface area contributed by atoms with Crippen molar-refractivity contribution in [1.29, 1.82) is 0 Å². The molecule has 82 valence electrons. The minimum Gasteiger partial charge on any atom is -0.271 e. The Kier molecular flexibility index (Phi) is 3.39. The maximum Gasteiger partial charge on any atom is 0.0488 e. The van der Waals surface area contributed by atoms with Crippen LogP contribution in [0.2, 0.25) is 0 Å². The van der Waals surface area contributed by atoms with Crippen LogP contribution in [0.25, 0.3) is 0 Å². The van der Waals surface area contributed by atoms with Crippen LogP contribution >= 0.6 is 0 Å². The van der Waals surface area contributed by atoms with Crippen LogP contribution in [0.1, 0.15) is 37.8 Å². The number of rotatable bonds is 3. The van der Waals surface area contributed by atoms with Crippen LogP contribution < -0.4 is 11.3 Å². The molecule has 0 saturated heterocycles. The van der Waals surface area contributed by atoms with Crippen molar-refractivity contribution in [3.05, 3.63) is 35.9 Å². The zero-order valence-corrected chi connectivity index (χ0v) is 9.32. The van der Waals surface area contributed by atoms with Crippen molar-refractivity contribution in [2.75, 3.05) is 0 Å². The van der Waals surface area contributed by atoms with Crippen molar-refractivity contribution in [3.63, 3.8) is 0 Å². The minimum atomic E-state index is 0.330. The number of hydrazine groups is 1. The largest absolute Gasteiger partial charge is 0.271 e. The molecule has 0 amide bonds. The molecular formula is C13H20N2. The zero-order valence-electron chi connectivity index (χ0n) is 9.32. The SMILES string of the molecule is CC1CCC(C(NN)c2ccccc2)C1. The molecule has 0 spiro atoms. The predicted molar refractivity (Wildman–Crippen MR) is 63.0 cm³/mol. The fourth-order valence-corrected chi connectivity index (χ4v) is 2.72. The third-order valence-corrected chi connectivity index (χ3v) is 3.55. The van der Waals surface area contributed by atoms with Crippen molar-refractivity contribution in [2.24, 2.45) is 17.7 Å².